The summed E-state index contributed by atoms with van der Waals surface area (Å²) in [4.78, 5) is 23.6. The summed E-state index contributed by atoms with van der Waals surface area (Å²) in [5, 5.41) is 5.71. The quantitative estimate of drug-likeness (QED) is 0.811. The van der Waals surface area contributed by atoms with E-state index in [2.05, 4.69) is 24.5 Å². The van der Waals surface area contributed by atoms with Crippen LogP contribution in [-0.2, 0) is 9.59 Å². The van der Waals surface area contributed by atoms with Gasteiger partial charge in [0, 0.05) is 11.7 Å². The Kier molecular flexibility index (Phi) is 4.42. The van der Waals surface area contributed by atoms with Crippen LogP contribution in [0.4, 0.5) is 5.69 Å². The molecule has 0 unspecified atom stereocenters. The van der Waals surface area contributed by atoms with Crippen molar-refractivity contribution in [2.24, 2.45) is 0 Å². The number of nitrogens with one attached hydrogen (secondary N) is 2. The molecule has 1 saturated carbocycles. The first-order valence-electron chi connectivity index (χ1n) is 7.16. The van der Waals surface area contributed by atoms with Gasteiger partial charge in [0.15, 0.2) is 0 Å². The minimum absolute atomic E-state index is 0.109. The normalized spacial score (nSPS) is 14.2. The van der Waals surface area contributed by atoms with E-state index in [0.717, 1.165) is 29.7 Å². The highest BCUT2D eigenvalue weighted by atomic mass is 16.2. The molecule has 0 aliphatic heterocycles. The summed E-state index contributed by atoms with van der Waals surface area (Å²) < 4.78 is 0. The molecule has 2 rings (SSSR count). The smallest absolute Gasteiger partial charge is 0.233 e. The third-order valence-electron chi connectivity index (χ3n) is 3.46. The molecule has 4 heteroatoms. The van der Waals surface area contributed by atoms with Crippen molar-refractivity contribution in [3.63, 3.8) is 0 Å². The number of carbonyl (C=O) groups excluding carboxylic acids is 2. The molecule has 0 spiro atoms. The number of hydrogen-bond donors (Lipinski definition) is 2. The molecule has 0 aromatic heterocycles. The maximum Gasteiger partial charge on any atom is 0.233 e. The zero-order valence-electron chi connectivity index (χ0n) is 12.3. The molecular weight excluding hydrogens is 252 g/mol. The maximum absolute atomic E-state index is 12.0. The van der Waals surface area contributed by atoms with Gasteiger partial charge in [0.05, 0.1) is 0 Å². The molecular formula is C16H22N2O2. The molecule has 0 saturated heterocycles. The van der Waals surface area contributed by atoms with Gasteiger partial charge >= 0.3 is 0 Å². The molecule has 0 heterocycles. The molecule has 1 aromatic rings. The number of benzene rings is 1. The number of aryl methyl sites for hydroxylation is 1. The molecule has 0 radical (unpaired) electrons. The second-order valence-corrected chi connectivity index (χ2v) is 5.76. The van der Waals surface area contributed by atoms with E-state index in [1.54, 1.807) is 0 Å². The molecule has 20 heavy (non-hydrogen) atoms. The van der Waals surface area contributed by atoms with Crippen LogP contribution in [0, 0.1) is 6.92 Å². The molecule has 0 bridgehead atoms. The summed E-state index contributed by atoms with van der Waals surface area (Å²) in [6.07, 6.45) is 1.95. The third-order valence-corrected chi connectivity index (χ3v) is 3.46. The first-order chi connectivity index (χ1) is 9.47. The standard InChI is InChI=1S/C16H22N2O2/c1-10(2)13-6-4-5-11(3)16(13)18-15(20)9-14(19)17-12-7-8-12/h4-6,10,12H,7-9H2,1-3H3,(H,17,19)(H,18,20). The van der Waals surface area contributed by atoms with E-state index >= 15 is 0 Å². The van der Waals surface area contributed by atoms with Crippen molar-refractivity contribution < 1.29 is 9.59 Å². The van der Waals surface area contributed by atoms with Gasteiger partial charge in [-0.25, -0.2) is 0 Å². The van der Waals surface area contributed by atoms with E-state index < -0.39 is 0 Å². The second-order valence-electron chi connectivity index (χ2n) is 5.76. The predicted octanol–water partition coefficient (Wildman–Crippen LogP) is 2.73. The number of para-hydroxylation sites is 1. The van der Waals surface area contributed by atoms with Crippen LogP contribution in [0.1, 0.15) is 50.2 Å². The van der Waals surface area contributed by atoms with Crippen LogP contribution in [0.15, 0.2) is 18.2 Å². The van der Waals surface area contributed by atoms with E-state index in [1.807, 2.05) is 25.1 Å². The number of amides is 2. The third kappa shape index (κ3) is 3.83. The first kappa shape index (κ1) is 14.6. The Hall–Kier alpha value is -1.84. The Labute approximate surface area is 119 Å². The van der Waals surface area contributed by atoms with E-state index in [0.29, 0.717) is 12.0 Å². The molecule has 1 aliphatic carbocycles. The van der Waals surface area contributed by atoms with Gasteiger partial charge in [-0.1, -0.05) is 32.0 Å². The Morgan fingerprint density at radius 2 is 1.95 bits per heavy atom. The maximum atomic E-state index is 12.0. The summed E-state index contributed by atoms with van der Waals surface area (Å²) >= 11 is 0. The average Bonchev–Trinajstić information content (AvgIpc) is 3.14. The van der Waals surface area contributed by atoms with Gasteiger partial charge in [0.2, 0.25) is 11.8 Å². The Morgan fingerprint density at radius 1 is 1.25 bits per heavy atom. The van der Waals surface area contributed by atoms with Crippen LogP contribution in [0.5, 0.6) is 0 Å². The summed E-state index contributed by atoms with van der Waals surface area (Å²) in [6.45, 7) is 6.14. The highest BCUT2D eigenvalue weighted by molar-refractivity contribution is 6.04. The SMILES string of the molecule is Cc1cccc(C(C)C)c1NC(=O)CC(=O)NC1CC1. The predicted molar refractivity (Wildman–Crippen MR) is 79.7 cm³/mol. The molecule has 0 atom stereocenters. The average molecular weight is 274 g/mol. The second kappa shape index (κ2) is 6.07. The van der Waals surface area contributed by atoms with Crippen LogP contribution >= 0.6 is 0 Å². The van der Waals surface area contributed by atoms with Crippen molar-refractivity contribution >= 4 is 17.5 Å². The van der Waals surface area contributed by atoms with Crippen molar-refractivity contribution in [1.82, 2.24) is 5.32 Å². The van der Waals surface area contributed by atoms with Crippen molar-refractivity contribution in [3.05, 3.63) is 29.3 Å². The van der Waals surface area contributed by atoms with Gasteiger partial charge in [0.25, 0.3) is 0 Å². The van der Waals surface area contributed by atoms with Crippen LogP contribution in [0.25, 0.3) is 0 Å². The minimum atomic E-state index is -0.251. The fraction of sp³-hybridized carbons (Fsp3) is 0.500. The van der Waals surface area contributed by atoms with Gasteiger partial charge in [-0.05, 0) is 36.8 Å². The van der Waals surface area contributed by atoms with E-state index in [4.69, 9.17) is 0 Å². The summed E-state index contributed by atoms with van der Waals surface area (Å²) in [6, 6.07) is 6.25. The van der Waals surface area contributed by atoms with E-state index in [-0.39, 0.29) is 18.2 Å². The Balaban J connectivity index is 2.01. The molecule has 2 N–H and O–H groups in total. The monoisotopic (exact) mass is 274 g/mol. The lowest BCUT2D eigenvalue weighted by atomic mass is 9.98. The van der Waals surface area contributed by atoms with Gasteiger partial charge in [-0.3, -0.25) is 9.59 Å². The van der Waals surface area contributed by atoms with Crippen LogP contribution in [0.3, 0.4) is 0 Å². The summed E-state index contributed by atoms with van der Waals surface area (Å²) in [5.74, 6) is -0.116. The van der Waals surface area contributed by atoms with Crippen LogP contribution < -0.4 is 10.6 Å². The Bertz CT molecular complexity index is 519. The van der Waals surface area contributed by atoms with E-state index in [1.165, 1.54) is 0 Å². The highest BCUT2D eigenvalue weighted by Crippen LogP contribution is 2.27. The van der Waals surface area contributed by atoms with Gasteiger partial charge in [-0.15, -0.1) is 0 Å². The molecule has 1 fully saturated rings. The van der Waals surface area contributed by atoms with Crippen molar-refractivity contribution in [1.29, 1.82) is 0 Å². The van der Waals surface area contributed by atoms with Crippen LogP contribution in [-0.4, -0.2) is 17.9 Å². The fourth-order valence-corrected chi connectivity index (χ4v) is 2.18. The lowest BCUT2D eigenvalue weighted by molar-refractivity contribution is -0.126. The number of carbonyl (C=O) groups is 2. The largest absolute Gasteiger partial charge is 0.353 e. The lowest BCUT2D eigenvalue weighted by Crippen LogP contribution is -2.29. The van der Waals surface area contributed by atoms with Gasteiger partial charge in [-0.2, -0.15) is 0 Å². The summed E-state index contributed by atoms with van der Waals surface area (Å²) in [7, 11) is 0. The molecule has 2 amide bonds. The van der Waals surface area contributed by atoms with Crippen molar-refractivity contribution in [2.75, 3.05) is 5.32 Å². The minimum Gasteiger partial charge on any atom is -0.353 e. The number of rotatable bonds is 5. The fourth-order valence-electron chi connectivity index (χ4n) is 2.18. The van der Waals surface area contributed by atoms with Gasteiger partial charge < -0.3 is 10.6 Å². The molecule has 108 valence electrons. The highest BCUT2D eigenvalue weighted by Gasteiger charge is 2.24. The van der Waals surface area contributed by atoms with Crippen molar-refractivity contribution in [2.45, 2.75) is 52.0 Å². The van der Waals surface area contributed by atoms with Crippen LogP contribution in [0.2, 0.25) is 0 Å². The zero-order valence-corrected chi connectivity index (χ0v) is 12.3. The number of anilines is 1. The Morgan fingerprint density at radius 3 is 2.55 bits per heavy atom. The molecule has 1 aliphatic rings. The van der Waals surface area contributed by atoms with E-state index in [9.17, 15) is 9.59 Å². The van der Waals surface area contributed by atoms with Crippen molar-refractivity contribution in [3.8, 4) is 0 Å². The number of hydrogen-bond acceptors (Lipinski definition) is 2. The molecule has 4 nitrogen and oxygen atoms in total. The first-order valence-corrected chi connectivity index (χ1v) is 7.16. The van der Waals surface area contributed by atoms with Gasteiger partial charge in [0.1, 0.15) is 6.42 Å². The topological polar surface area (TPSA) is 58.2 Å². The zero-order chi connectivity index (χ0) is 14.7. The molecule has 1 aromatic carbocycles. The summed E-state index contributed by atoms with van der Waals surface area (Å²) in [5.41, 5.74) is 2.96. The lowest BCUT2D eigenvalue weighted by Gasteiger charge is -2.16.